The molecule has 15 heavy (non-hydrogen) atoms. The molecule has 1 rings (SSSR count). The SMILES string of the molecule is CCn1cccc1C(C#N)=C(C#N)C#N. The molecule has 0 N–H and O–H groups in total. The number of hydrogen-bond donors (Lipinski definition) is 0. The molecule has 0 atom stereocenters. The Morgan fingerprint density at radius 1 is 1.27 bits per heavy atom. The van der Waals surface area contributed by atoms with E-state index in [0.29, 0.717) is 12.2 Å². The molecule has 0 saturated carbocycles. The minimum atomic E-state index is -0.147. The maximum atomic E-state index is 8.93. The average Bonchev–Trinajstić information content (AvgIpc) is 2.73. The molecule has 72 valence electrons. The molecule has 0 aliphatic rings. The van der Waals surface area contributed by atoms with Crippen LogP contribution in [-0.2, 0) is 6.54 Å². The largest absolute Gasteiger partial charge is 0.347 e. The van der Waals surface area contributed by atoms with Gasteiger partial charge in [-0.05, 0) is 19.1 Å². The van der Waals surface area contributed by atoms with Crippen LogP contribution < -0.4 is 0 Å². The molecule has 0 spiro atoms. The molecule has 0 unspecified atom stereocenters. The van der Waals surface area contributed by atoms with E-state index < -0.39 is 0 Å². The van der Waals surface area contributed by atoms with Crippen LogP contribution in [0.25, 0.3) is 5.57 Å². The van der Waals surface area contributed by atoms with Crippen molar-refractivity contribution in [3.05, 3.63) is 29.6 Å². The first kappa shape index (κ1) is 10.6. The maximum Gasteiger partial charge on any atom is 0.149 e. The van der Waals surface area contributed by atoms with Crippen molar-refractivity contribution in [3.63, 3.8) is 0 Å². The lowest BCUT2D eigenvalue weighted by Gasteiger charge is -2.03. The Morgan fingerprint density at radius 2 is 1.93 bits per heavy atom. The van der Waals surface area contributed by atoms with Crippen LogP contribution >= 0.6 is 0 Å². The van der Waals surface area contributed by atoms with Crippen LogP contribution in [0.3, 0.4) is 0 Å². The lowest BCUT2D eigenvalue weighted by molar-refractivity contribution is 0.759. The molecule has 0 aromatic carbocycles. The van der Waals surface area contributed by atoms with Gasteiger partial charge in [0.05, 0.1) is 5.69 Å². The van der Waals surface area contributed by atoms with Crippen molar-refractivity contribution in [2.75, 3.05) is 0 Å². The summed E-state index contributed by atoms with van der Waals surface area (Å²) in [6, 6.07) is 8.84. The third-order valence-electron chi connectivity index (χ3n) is 2.01. The first-order chi connectivity index (χ1) is 7.28. The molecule has 0 fully saturated rings. The summed E-state index contributed by atoms with van der Waals surface area (Å²) in [5.41, 5.74) is 0.593. The van der Waals surface area contributed by atoms with Crippen molar-refractivity contribution < 1.29 is 0 Å². The molecule has 0 saturated heterocycles. The molecule has 1 aromatic heterocycles. The predicted octanol–water partition coefficient (Wildman–Crippen LogP) is 1.83. The number of aromatic nitrogens is 1. The molecule has 1 aromatic rings. The highest BCUT2D eigenvalue weighted by molar-refractivity contribution is 5.83. The van der Waals surface area contributed by atoms with Gasteiger partial charge in [-0.2, -0.15) is 15.8 Å². The Hall–Kier alpha value is -2.51. The van der Waals surface area contributed by atoms with E-state index in [1.165, 1.54) is 0 Å². The second-order valence-corrected chi connectivity index (χ2v) is 2.76. The van der Waals surface area contributed by atoms with E-state index in [-0.39, 0.29) is 11.1 Å². The van der Waals surface area contributed by atoms with Gasteiger partial charge in [-0.25, -0.2) is 0 Å². The number of nitrogens with zero attached hydrogens (tertiary/aromatic N) is 4. The molecule has 0 aliphatic heterocycles. The van der Waals surface area contributed by atoms with Gasteiger partial charge in [-0.1, -0.05) is 0 Å². The van der Waals surface area contributed by atoms with Gasteiger partial charge in [0.2, 0.25) is 0 Å². The summed E-state index contributed by atoms with van der Waals surface area (Å²) in [7, 11) is 0. The fraction of sp³-hybridized carbons (Fsp3) is 0.182. The van der Waals surface area contributed by atoms with Gasteiger partial charge in [0.25, 0.3) is 0 Å². The summed E-state index contributed by atoms with van der Waals surface area (Å²) in [6.07, 6.45) is 1.80. The average molecular weight is 196 g/mol. The van der Waals surface area contributed by atoms with Crippen molar-refractivity contribution in [1.29, 1.82) is 15.8 Å². The number of hydrogen-bond acceptors (Lipinski definition) is 3. The van der Waals surface area contributed by atoms with Gasteiger partial charge in [-0.3, -0.25) is 0 Å². The van der Waals surface area contributed by atoms with E-state index in [1.54, 1.807) is 30.5 Å². The minimum absolute atomic E-state index is 0.131. The zero-order valence-corrected chi connectivity index (χ0v) is 8.23. The standard InChI is InChI=1S/C11H8N4/c1-2-15-5-3-4-11(15)10(8-14)9(6-12)7-13/h3-5H,2H2,1H3. The number of nitriles is 3. The first-order valence-corrected chi connectivity index (χ1v) is 4.38. The third kappa shape index (κ3) is 1.88. The van der Waals surface area contributed by atoms with Gasteiger partial charge < -0.3 is 4.57 Å². The van der Waals surface area contributed by atoms with Gasteiger partial charge >= 0.3 is 0 Å². The molecule has 4 nitrogen and oxygen atoms in total. The molecule has 4 heteroatoms. The van der Waals surface area contributed by atoms with Crippen LogP contribution in [-0.4, -0.2) is 4.57 Å². The summed E-state index contributed by atoms with van der Waals surface area (Å²) < 4.78 is 1.81. The fourth-order valence-corrected chi connectivity index (χ4v) is 1.29. The Labute approximate surface area is 87.9 Å². The fourth-order valence-electron chi connectivity index (χ4n) is 1.29. The predicted molar refractivity (Wildman–Crippen MR) is 53.9 cm³/mol. The number of rotatable bonds is 2. The van der Waals surface area contributed by atoms with Crippen LogP contribution in [0.5, 0.6) is 0 Å². The highest BCUT2D eigenvalue weighted by Crippen LogP contribution is 2.18. The van der Waals surface area contributed by atoms with E-state index in [2.05, 4.69) is 0 Å². The molecule has 0 aliphatic carbocycles. The Morgan fingerprint density at radius 3 is 2.40 bits per heavy atom. The van der Waals surface area contributed by atoms with Crippen molar-refractivity contribution in [2.24, 2.45) is 0 Å². The molecule has 0 amide bonds. The van der Waals surface area contributed by atoms with E-state index in [1.807, 2.05) is 17.6 Å². The summed E-state index contributed by atoms with van der Waals surface area (Å²) in [5, 5.41) is 26.3. The van der Waals surface area contributed by atoms with Gasteiger partial charge in [0, 0.05) is 12.7 Å². The molecule has 0 bridgehead atoms. The normalized spacial score (nSPS) is 8.40. The highest BCUT2D eigenvalue weighted by Gasteiger charge is 2.11. The Balaban J connectivity index is 3.41. The number of aryl methyl sites for hydroxylation is 1. The molecule has 1 heterocycles. The summed E-state index contributed by atoms with van der Waals surface area (Å²) in [4.78, 5) is 0. The van der Waals surface area contributed by atoms with Crippen molar-refractivity contribution >= 4 is 5.57 Å². The maximum absolute atomic E-state index is 8.93. The molecule has 0 radical (unpaired) electrons. The zero-order chi connectivity index (χ0) is 11.3. The minimum Gasteiger partial charge on any atom is -0.347 e. The second-order valence-electron chi connectivity index (χ2n) is 2.76. The van der Waals surface area contributed by atoms with E-state index >= 15 is 0 Å². The Kier molecular flexibility index (Phi) is 3.28. The van der Waals surface area contributed by atoms with Gasteiger partial charge in [0.1, 0.15) is 29.4 Å². The zero-order valence-electron chi connectivity index (χ0n) is 8.23. The van der Waals surface area contributed by atoms with Crippen LogP contribution in [0.4, 0.5) is 0 Å². The smallest absolute Gasteiger partial charge is 0.149 e. The van der Waals surface area contributed by atoms with E-state index in [4.69, 9.17) is 15.8 Å². The Bertz CT molecular complexity index is 498. The monoisotopic (exact) mass is 196 g/mol. The lowest BCUT2D eigenvalue weighted by Crippen LogP contribution is -1.99. The number of allylic oxidation sites excluding steroid dienone is 2. The van der Waals surface area contributed by atoms with E-state index in [0.717, 1.165) is 0 Å². The van der Waals surface area contributed by atoms with Crippen LogP contribution in [0.2, 0.25) is 0 Å². The van der Waals surface area contributed by atoms with Crippen molar-refractivity contribution in [1.82, 2.24) is 4.57 Å². The van der Waals surface area contributed by atoms with Crippen molar-refractivity contribution in [2.45, 2.75) is 13.5 Å². The van der Waals surface area contributed by atoms with Crippen LogP contribution in [0.1, 0.15) is 12.6 Å². The molecular formula is C11H8N4. The first-order valence-electron chi connectivity index (χ1n) is 4.38. The summed E-state index contributed by atoms with van der Waals surface area (Å²) >= 11 is 0. The van der Waals surface area contributed by atoms with Gasteiger partial charge in [-0.15, -0.1) is 0 Å². The third-order valence-corrected chi connectivity index (χ3v) is 2.01. The van der Waals surface area contributed by atoms with Crippen LogP contribution in [0, 0.1) is 34.0 Å². The quantitative estimate of drug-likeness (QED) is 0.677. The van der Waals surface area contributed by atoms with Gasteiger partial charge in [0.15, 0.2) is 0 Å². The summed E-state index contributed by atoms with van der Waals surface area (Å²) in [6.45, 7) is 2.62. The molecular weight excluding hydrogens is 188 g/mol. The van der Waals surface area contributed by atoms with Crippen LogP contribution in [0.15, 0.2) is 23.9 Å². The lowest BCUT2D eigenvalue weighted by atomic mass is 10.1. The second kappa shape index (κ2) is 4.65. The topological polar surface area (TPSA) is 76.3 Å². The van der Waals surface area contributed by atoms with E-state index in [9.17, 15) is 0 Å². The van der Waals surface area contributed by atoms with Crippen molar-refractivity contribution in [3.8, 4) is 18.2 Å². The highest BCUT2D eigenvalue weighted by atomic mass is 15.0. The summed E-state index contributed by atoms with van der Waals surface area (Å²) in [5.74, 6) is 0.